The number of benzene rings is 2. The van der Waals surface area contributed by atoms with Gasteiger partial charge in [-0.2, -0.15) is 0 Å². The zero-order chi connectivity index (χ0) is 15.5. The molecule has 21 heavy (non-hydrogen) atoms. The average Bonchev–Trinajstić information content (AvgIpc) is 2.45. The molecule has 0 amide bonds. The average molecular weight is 392 g/mol. The molecular formula is C16H19NO3Sn. The maximum atomic E-state index is 11.3. The van der Waals surface area contributed by atoms with Crippen molar-refractivity contribution in [1.82, 2.24) is 0 Å². The van der Waals surface area contributed by atoms with Gasteiger partial charge in [-0.05, 0) is 0 Å². The molecule has 0 unspecified atom stereocenters. The van der Waals surface area contributed by atoms with Crippen molar-refractivity contribution >= 4 is 27.6 Å². The van der Waals surface area contributed by atoms with Crippen molar-refractivity contribution in [2.75, 3.05) is 0 Å². The van der Waals surface area contributed by atoms with Crippen LogP contribution in [0.25, 0.3) is 0 Å². The topological polar surface area (TPSA) is 52.4 Å². The Morgan fingerprint density at radius 1 is 1.10 bits per heavy atom. The molecule has 2 aromatic carbocycles. The van der Waals surface area contributed by atoms with E-state index in [0.717, 1.165) is 9.14 Å². The van der Waals surface area contributed by atoms with Crippen LogP contribution in [0.4, 0.5) is 5.69 Å². The third-order valence-corrected chi connectivity index (χ3v) is 9.04. The van der Waals surface area contributed by atoms with E-state index in [4.69, 9.17) is 4.74 Å². The van der Waals surface area contributed by atoms with Gasteiger partial charge in [-0.15, -0.1) is 0 Å². The molecule has 2 rings (SSSR count). The molecule has 0 saturated carbocycles. The van der Waals surface area contributed by atoms with Crippen LogP contribution in [0.15, 0.2) is 48.5 Å². The van der Waals surface area contributed by atoms with E-state index in [0.29, 0.717) is 12.4 Å². The molecule has 5 heteroatoms. The van der Waals surface area contributed by atoms with Crippen LogP contribution < -0.4 is 8.32 Å². The number of nitro benzene ring substituents is 1. The number of hydrogen-bond acceptors (Lipinski definition) is 3. The molecule has 0 fully saturated rings. The van der Waals surface area contributed by atoms with Crippen molar-refractivity contribution in [2.45, 2.75) is 21.4 Å². The fraction of sp³-hybridized carbons (Fsp3) is 0.250. The molecule has 4 nitrogen and oxygen atoms in total. The summed E-state index contributed by atoms with van der Waals surface area (Å²) in [6.07, 6.45) is 0. The number of ether oxygens (including phenoxy) is 1. The van der Waals surface area contributed by atoms with Crippen molar-refractivity contribution in [2.24, 2.45) is 0 Å². The molecule has 0 saturated heterocycles. The molecule has 0 radical (unpaired) electrons. The third kappa shape index (κ3) is 4.20. The molecule has 0 aliphatic heterocycles. The van der Waals surface area contributed by atoms with Crippen LogP contribution in [0, 0.1) is 10.1 Å². The second-order valence-corrected chi connectivity index (χ2v) is 20.3. The van der Waals surface area contributed by atoms with Gasteiger partial charge in [0.1, 0.15) is 0 Å². The SMILES string of the molecule is [CH3][Sn]([CH3])([CH3])[c]1ccc(OCc2ccccc2)cc1[N+](=O)[O-]. The first-order chi connectivity index (χ1) is 9.88. The Bertz CT molecular complexity index is 636. The molecule has 0 N–H and O–H groups in total. The summed E-state index contributed by atoms with van der Waals surface area (Å²) in [4.78, 5) is 17.5. The van der Waals surface area contributed by atoms with Crippen LogP contribution in [-0.4, -0.2) is 23.3 Å². The summed E-state index contributed by atoms with van der Waals surface area (Å²) in [5, 5.41) is 11.3. The molecule has 0 aromatic heterocycles. The van der Waals surface area contributed by atoms with Crippen LogP contribution in [0.5, 0.6) is 5.75 Å². The van der Waals surface area contributed by atoms with Gasteiger partial charge >= 0.3 is 129 Å². The molecular weight excluding hydrogens is 373 g/mol. The van der Waals surface area contributed by atoms with Crippen LogP contribution in [0.1, 0.15) is 5.56 Å². The summed E-state index contributed by atoms with van der Waals surface area (Å²) in [7, 11) is 0. The summed E-state index contributed by atoms with van der Waals surface area (Å²) in [5.41, 5.74) is 1.24. The number of nitrogens with zero attached hydrogens (tertiary/aromatic N) is 1. The Labute approximate surface area is 128 Å². The van der Waals surface area contributed by atoms with Crippen LogP contribution in [0.3, 0.4) is 0 Å². The van der Waals surface area contributed by atoms with Gasteiger partial charge in [0, 0.05) is 0 Å². The van der Waals surface area contributed by atoms with Gasteiger partial charge in [0.15, 0.2) is 0 Å². The number of nitro groups is 1. The van der Waals surface area contributed by atoms with E-state index in [-0.39, 0.29) is 10.6 Å². The van der Waals surface area contributed by atoms with E-state index in [1.165, 1.54) is 0 Å². The Balaban J connectivity index is 2.22. The molecule has 0 aliphatic carbocycles. The molecule has 110 valence electrons. The molecule has 0 spiro atoms. The predicted molar refractivity (Wildman–Crippen MR) is 86.9 cm³/mol. The molecule has 2 aromatic rings. The van der Waals surface area contributed by atoms with Gasteiger partial charge in [-0.3, -0.25) is 0 Å². The Morgan fingerprint density at radius 2 is 1.76 bits per heavy atom. The van der Waals surface area contributed by atoms with E-state index >= 15 is 0 Å². The van der Waals surface area contributed by atoms with E-state index in [1.54, 1.807) is 6.07 Å². The zero-order valence-electron chi connectivity index (χ0n) is 12.5. The van der Waals surface area contributed by atoms with Crippen molar-refractivity contribution < 1.29 is 9.66 Å². The van der Waals surface area contributed by atoms with Crippen molar-refractivity contribution in [3.8, 4) is 5.75 Å². The Morgan fingerprint density at radius 3 is 2.33 bits per heavy atom. The van der Waals surface area contributed by atoms with Crippen LogP contribution in [0.2, 0.25) is 14.8 Å². The molecule has 0 atom stereocenters. The maximum absolute atomic E-state index is 11.3. The van der Waals surface area contributed by atoms with Gasteiger partial charge < -0.3 is 0 Å². The van der Waals surface area contributed by atoms with Gasteiger partial charge in [0.25, 0.3) is 0 Å². The van der Waals surface area contributed by atoms with E-state index in [1.807, 2.05) is 42.5 Å². The Kier molecular flexibility index (Phi) is 4.87. The van der Waals surface area contributed by atoms with Crippen molar-refractivity contribution in [3.63, 3.8) is 0 Å². The van der Waals surface area contributed by atoms with E-state index in [2.05, 4.69) is 14.8 Å². The van der Waals surface area contributed by atoms with E-state index < -0.39 is 18.4 Å². The van der Waals surface area contributed by atoms with Crippen LogP contribution >= 0.6 is 0 Å². The zero-order valence-corrected chi connectivity index (χ0v) is 15.4. The molecule has 0 heterocycles. The minimum absolute atomic E-state index is 0.198. The summed E-state index contributed by atoms with van der Waals surface area (Å²) in [5.74, 6) is 0.546. The van der Waals surface area contributed by atoms with E-state index in [9.17, 15) is 10.1 Å². The molecule has 0 bridgehead atoms. The number of rotatable bonds is 5. The van der Waals surface area contributed by atoms with Gasteiger partial charge in [0.2, 0.25) is 0 Å². The fourth-order valence-corrected chi connectivity index (χ4v) is 6.45. The summed E-state index contributed by atoms with van der Waals surface area (Å²) >= 11 is -2.50. The van der Waals surface area contributed by atoms with Crippen molar-refractivity contribution in [3.05, 3.63) is 64.2 Å². The second kappa shape index (κ2) is 6.47. The van der Waals surface area contributed by atoms with Gasteiger partial charge in [0.05, 0.1) is 0 Å². The Hall–Kier alpha value is -1.56. The van der Waals surface area contributed by atoms with Crippen LogP contribution in [-0.2, 0) is 6.61 Å². The first kappa shape index (κ1) is 15.8. The third-order valence-electron chi connectivity index (χ3n) is 3.22. The fourth-order valence-electron chi connectivity index (χ4n) is 2.13. The number of hydrogen-bond donors (Lipinski definition) is 0. The summed E-state index contributed by atoms with van der Waals surface area (Å²) in [6.45, 7) is 0.413. The normalized spacial score (nSPS) is 11.2. The standard InChI is InChI=1S/C13H10NO3.3CH3.Sn/c15-14(16)12-7-4-8-13(9-12)17-10-11-5-2-1-3-6-11;;;;/h1-6,8-9H,10H2;3*1H3;. The van der Waals surface area contributed by atoms with Gasteiger partial charge in [-0.1, -0.05) is 0 Å². The van der Waals surface area contributed by atoms with Crippen molar-refractivity contribution in [1.29, 1.82) is 0 Å². The minimum atomic E-state index is -2.50. The first-order valence-electron chi connectivity index (χ1n) is 6.83. The monoisotopic (exact) mass is 393 g/mol. The molecule has 0 aliphatic rings. The summed E-state index contributed by atoms with van der Waals surface area (Å²) < 4.78 is 6.59. The quantitative estimate of drug-likeness (QED) is 0.443. The predicted octanol–water partition coefficient (Wildman–Crippen LogP) is 3.72. The first-order valence-corrected chi connectivity index (χ1v) is 16.8. The summed E-state index contributed by atoms with van der Waals surface area (Å²) in [6, 6.07) is 15.0. The second-order valence-electron chi connectivity index (χ2n) is 5.96. The van der Waals surface area contributed by atoms with Gasteiger partial charge in [-0.25, -0.2) is 0 Å².